The summed E-state index contributed by atoms with van der Waals surface area (Å²) in [6, 6.07) is 15.2. The second kappa shape index (κ2) is 9.28. The van der Waals surface area contributed by atoms with E-state index in [1.165, 1.54) is 24.3 Å². The Balaban J connectivity index is 1.41. The molecule has 0 amide bonds. The average molecular weight is 453 g/mol. The third kappa shape index (κ3) is 4.48. The number of morpholine rings is 1. The third-order valence-electron chi connectivity index (χ3n) is 5.64. The molecule has 1 aliphatic rings. The van der Waals surface area contributed by atoms with Crippen molar-refractivity contribution in [1.82, 2.24) is 14.9 Å². The maximum atomic E-state index is 13.5. The molecule has 8 heteroatoms. The first-order valence-corrected chi connectivity index (χ1v) is 11.3. The van der Waals surface area contributed by atoms with E-state index in [4.69, 9.17) is 4.74 Å². The molecule has 1 fully saturated rings. The summed E-state index contributed by atoms with van der Waals surface area (Å²) in [4.78, 5) is 12.2. The summed E-state index contributed by atoms with van der Waals surface area (Å²) in [5.41, 5.74) is 2.83. The fraction of sp³-hybridized carbons (Fsp3) is 0.250. The van der Waals surface area contributed by atoms with Crippen LogP contribution in [0.5, 0.6) is 0 Å². The minimum atomic E-state index is -0.257. The van der Waals surface area contributed by atoms with Crippen LogP contribution in [-0.2, 0) is 4.74 Å². The smallest absolute Gasteiger partial charge is 0.147 e. The molecule has 0 radical (unpaired) electrons. The summed E-state index contributed by atoms with van der Waals surface area (Å²) in [6.07, 6.45) is 1.55. The predicted octanol–water partition coefficient (Wildman–Crippen LogP) is 5.12. The van der Waals surface area contributed by atoms with Crippen molar-refractivity contribution in [3.8, 4) is 10.4 Å². The summed E-state index contributed by atoms with van der Waals surface area (Å²) in [7, 11) is 0. The van der Waals surface area contributed by atoms with Gasteiger partial charge in [-0.3, -0.25) is 4.90 Å². The number of halogens is 2. The number of hydrogen-bond donors (Lipinski definition) is 1. The molecule has 2 aromatic carbocycles. The number of rotatable bonds is 6. The average Bonchev–Trinajstić information content (AvgIpc) is 3.27. The van der Waals surface area contributed by atoms with E-state index < -0.39 is 0 Å². The van der Waals surface area contributed by atoms with Crippen LogP contribution in [0.1, 0.15) is 11.6 Å². The van der Waals surface area contributed by atoms with Crippen LogP contribution in [0.2, 0.25) is 0 Å². The molecule has 0 aliphatic carbocycles. The van der Waals surface area contributed by atoms with Crippen molar-refractivity contribution in [2.24, 2.45) is 0 Å². The van der Waals surface area contributed by atoms with Gasteiger partial charge in [-0.2, -0.15) is 0 Å². The van der Waals surface area contributed by atoms with Crippen molar-refractivity contribution < 1.29 is 13.5 Å². The van der Waals surface area contributed by atoms with Gasteiger partial charge in [0.15, 0.2) is 0 Å². The van der Waals surface area contributed by atoms with Crippen LogP contribution in [0, 0.1) is 11.6 Å². The van der Waals surface area contributed by atoms with Crippen molar-refractivity contribution in [3.63, 3.8) is 0 Å². The number of benzene rings is 2. The van der Waals surface area contributed by atoms with Gasteiger partial charge in [-0.05, 0) is 41.5 Å². The maximum absolute atomic E-state index is 13.5. The molecule has 0 bridgehead atoms. The zero-order valence-electron chi connectivity index (χ0n) is 17.3. The SMILES string of the molecule is Fc1ccc(-c2cc3ncnc(NC[C@@H](c4ccc(F)cc4)N4CCOCC4)c3s2)cc1. The topological polar surface area (TPSA) is 50.3 Å². The van der Waals surface area contributed by atoms with Gasteiger partial charge in [-0.15, -0.1) is 11.3 Å². The van der Waals surface area contributed by atoms with E-state index in [0.29, 0.717) is 19.8 Å². The molecule has 3 heterocycles. The van der Waals surface area contributed by atoms with Gasteiger partial charge in [0.25, 0.3) is 0 Å². The molecule has 5 nitrogen and oxygen atoms in total. The van der Waals surface area contributed by atoms with E-state index in [1.807, 2.05) is 18.2 Å². The largest absolute Gasteiger partial charge is 0.379 e. The van der Waals surface area contributed by atoms with Crippen molar-refractivity contribution in [1.29, 1.82) is 0 Å². The number of anilines is 1. The summed E-state index contributed by atoms with van der Waals surface area (Å²) >= 11 is 1.57. The van der Waals surface area contributed by atoms with E-state index in [9.17, 15) is 8.78 Å². The Morgan fingerprint density at radius 1 is 0.969 bits per heavy atom. The Hall–Kier alpha value is -2.94. The van der Waals surface area contributed by atoms with Crippen molar-refractivity contribution >= 4 is 27.4 Å². The van der Waals surface area contributed by atoms with Crippen LogP contribution in [-0.4, -0.2) is 47.7 Å². The quantitative estimate of drug-likeness (QED) is 0.440. The van der Waals surface area contributed by atoms with Crippen molar-refractivity contribution in [2.75, 3.05) is 38.2 Å². The molecular formula is C24H22F2N4OS. The van der Waals surface area contributed by atoms with E-state index in [0.717, 1.165) is 45.1 Å². The van der Waals surface area contributed by atoms with Gasteiger partial charge in [0, 0.05) is 24.5 Å². The molecule has 2 aromatic heterocycles. The number of nitrogens with zero attached hydrogens (tertiary/aromatic N) is 3. The number of ether oxygens (including phenoxy) is 1. The molecule has 5 rings (SSSR count). The van der Waals surface area contributed by atoms with E-state index >= 15 is 0 Å². The first-order valence-electron chi connectivity index (χ1n) is 10.5. The van der Waals surface area contributed by atoms with Gasteiger partial charge in [-0.1, -0.05) is 24.3 Å². The highest BCUT2D eigenvalue weighted by Gasteiger charge is 2.23. The summed E-state index contributed by atoms with van der Waals surface area (Å²) in [5, 5.41) is 3.50. The highest BCUT2D eigenvalue weighted by Crippen LogP contribution is 2.36. The van der Waals surface area contributed by atoms with Gasteiger partial charge < -0.3 is 10.1 Å². The standard InChI is InChI=1S/C24H22F2N4OS/c25-18-5-1-16(2-6-18)21(30-9-11-31-12-10-30)14-27-24-23-20(28-15-29-24)13-22(32-23)17-3-7-19(26)8-4-17/h1-8,13,15,21H,9-12,14H2,(H,27,28,29)/t21-/m0/s1. The fourth-order valence-electron chi connectivity index (χ4n) is 3.96. The predicted molar refractivity (Wildman–Crippen MR) is 123 cm³/mol. The molecule has 0 saturated carbocycles. The lowest BCUT2D eigenvalue weighted by molar-refractivity contribution is 0.0187. The highest BCUT2D eigenvalue weighted by atomic mass is 32.1. The first kappa shape index (κ1) is 20.9. The van der Waals surface area contributed by atoms with Gasteiger partial charge in [0.2, 0.25) is 0 Å². The normalized spacial score (nSPS) is 15.7. The van der Waals surface area contributed by atoms with E-state index in [1.54, 1.807) is 29.8 Å². The monoisotopic (exact) mass is 452 g/mol. The molecular weight excluding hydrogens is 430 g/mol. The second-order valence-electron chi connectivity index (χ2n) is 7.65. The Morgan fingerprint density at radius 2 is 1.66 bits per heavy atom. The summed E-state index contributed by atoms with van der Waals surface area (Å²) in [6.45, 7) is 3.61. The van der Waals surface area contributed by atoms with Crippen LogP contribution >= 0.6 is 11.3 Å². The molecule has 1 aliphatic heterocycles. The number of thiophene rings is 1. The minimum absolute atomic E-state index is 0.0565. The summed E-state index contributed by atoms with van der Waals surface area (Å²) in [5.74, 6) is 0.257. The van der Waals surface area contributed by atoms with Crippen molar-refractivity contribution in [3.05, 3.63) is 78.1 Å². The number of hydrogen-bond acceptors (Lipinski definition) is 6. The van der Waals surface area contributed by atoms with Crippen molar-refractivity contribution in [2.45, 2.75) is 6.04 Å². The molecule has 0 unspecified atom stereocenters. The number of nitrogens with one attached hydrogen (secondary N) is 1. The van der Waals surface area contributed by atoms with Crippen LogP contribution in [0.25, 0.3) is 20.7 Å². The Bertz CT molecular complexity index is 1190. The molecule has 0 spiro atoms. The number of fused-ring (bicyclic) bond motifs is 1. The fourth-order valence-corrected chi connectivity index (χ4v) is 5.04. The number of aromatic nitrogens is 2. The van der Waals surface area contributed by atoms with Crippen LogP contribution in [0.3, 0.4) is 0 Å². The zero-order chi connectivity index (χ0) is 21.9. The first-order chi connectivity index (χ1) is 15.7. The Morgan fingerprint density at radius 3 is 2.38 bits per heavy atom. The Kier molecular flexibility index (Phi) is 6.07. The molecule has 164 valence electrons. The Labute approximate surface area is 188 Å². The maximum Gasteiger partial charge on any atom is 0.147 e. The molecule has 1 saturated heterocycles. The van der Waals surface area contributed by atoms with Crippen LogP contribution in [0.4, 0.5) is 14.6 Å². The van der Waals surface area contributed by atoms with E-state index in [-0.39, 0.29) is 17.7 Å². The zero-order valence-corrected chi connectivity index (χ0v) is 18.1. The second-order valence-corrected chi connectivity index (χ2v) is 8.70. The molecule has 1 N–H and O–H groups in total. The third-order valence-corrected chi connectivity index (χ3v) is 6.82. The van der Waals surface area contributed by atoms with Gasteiger partial charge >= 0.3 is 0 Å². The van der Waals surface area contributed by atoms with Crippen LogP contribution in [0.15, 0.2) is 60.9 Å². The molecule has 4 aromatic rings. The molecule has 32 heavy (non-hydrogen) atoms. The molecule has 1 atom stereocenters. The van der Waals surface area contributed by atoms with Crippen LogP contribution < -0.4 is 5.32 Å². The van der Waals surface area contributed by atoms with E-state index in [2.05, 4.69) is 20.2 Å². The summed E-state index contributed by atoms with van der Waals surface area (Å²) < 4.78 is 33.3. The van der Waals surface area contributed by atoms with Gasteiger partial charge in [0.05, 0.1) is 29.5 Å². The lowest BCUT2D eigenvalue weighted by Gasteiger charge is -2.35. The lowest BCUT2D eigenvalue weighted by Crippen LogP contribution is -2.41. The van der Waals surface area contributed by atoms with Gasteiger partial charge in [0.1, 0.15) is 23.8 Å². The highest BCUT2D eigenvalue weighted by molar-refractivity contribution is 7.22. The van der Waals surface area contributed by atoms with Gasteiger partial charge in [-0.25, -0.2) is 18.7 Å². The minimum Gasteiger partial charge on any atom is -0.379 e. The lowest BCUT2D eigenvalue weighted by atomic mass is 10.0.